The third-order valence-electron chi connectivity index (χ3n) is 4.63. The molecular weight excluding hydrogens is 272 g/mol. The molecule has 0 spiro atoms. The maximum Gasteiger partial charge on any atom is 0.315 e. The summed E-state index contributed by atoms with van der Waals surface area (Å²) in [7, 11) is 0. The maximum atomic E-state index is 11.9. The molecule has 1 atom stereocenters. The summed E-state index contributed by atoms with van der Waals surface area (Å²) in [5, 5.41) is 12.1. The summed E-state index contributed by atoms with van der Waals surface area (Å²) >= 11 is 0. The summed E-state index contributed by atoms with van der Waals surface area (Å²) in [6.45, 7) is 4.06. The Balaban J connectivity index is 2.18. The van der Waals surface area contributed by atoms with E-state index in [9.17, 15) is 9.90 Å². The largest absolute Gasteiger partial charge is 0.481 e. The van der Waals surface area contributed by atoms with Crippen LogP contribution in [-0.2, 0) is 4.79 Å². The van der Waals surface area contributed by atoms with Gasteiger partial charge >= 0.3 is 5.97 Å². The van der Waals surface area contributed by atoms with Crippen molar-refractivity contribution >= 4 is 16.7 Å². The van der Waals surface area contributed by atoms with Gasteiger partial charge < -0.3 is 5.11 Å². The average molecular weight is 288 g/mol. The first-order valence-corrected chi connectivity index (χ1v) is 7.44. The molecule has 0 amide bonds. The quantitative estimate of drug-likeness (QED) is 0.707. The summed E-state index contributed by atoms with van der Waals surface area (Å²) in [5.74, 6) is -1.34. The zero-order valence-electron chi connectivity index (χ0n) is 12.6. The lowest BCUT2D eigenvalue weighted by Gasteiger charge is -2.11. The molecule has 0 aromatic heterocycles. The number of carboxylic acid groups (broad SMARTS) is 1. The lowest BCUT2D eigenvalue weighted by Crippen LogP contribution is -2.10. The van der Waals surface area contributed by atoms with E-state index in [1.165, 1.54) is 5.39 Å². The summed E-state index contributed by atoms with van der Waals surface area (Å²) < 4.78 is 0. The van der Waals surface area contributed by atoms with Crippen LogP contribution in [0.15, 0.2) is 48.5 Å². The van der Waals surface area contributed by atoms with Gasteiger partial charge in [-0.2, -0.15) is 0 Å². The summed E-state index contributed by atoms with van der Waals surface area (Å²) in [6, 6.07) is 16.4. The van der Waals surface area contributed by atoms with Gasteiger partial charge in [0, 0.05) is 0 Å². The van der Waals surface area contributed by atoms with E-state index in [0.717, 1.165) is 38.8 Å². The predicted molar refractivity (Wildman–Crippen MR) is 88.3 cm³/mol. The average Bonchev–Trinajstić information content (AvgIpc) is 2.80. The fraction of sp³-hybridized carbons (Fsp3) is 0.150. The second kappa shape index (κ2) is 4.44. The molecule has 3 aromatic carbocycles. The van der Waals surface area contributed by atoms with Crippen molar-refractivity contribution in [2.45, 2.75) is 19.8 Å². The number of benzene rings is 3. The van der Waals surface area contributed by atoms with E-state index < -0.39 is 11.9 Å². The highest BCUT2D eigenvalue weighted by Crippen LogP contribution is 2.49. The zero-order valence-corrected chi connectivity index (χ0v) is 12.6. The van der Waals surface area contributed by atoms with Crippen molar-refractivity contribution < 1.29 is 9.90 Å². The van der Waals surface area contributed by atoms with Crippen LogP contribution in [0.3, 0.4) is 0 Å². The van der Waals surface area contributed by atoms with E-state index in [1.54, 1.807) is 0 Å². The molecule has 0 bridgehead atoms. The molecule has 0 fully saturated rings. The molecule has 22 heavy (non-hydrogen) atoms. The van der Waals surface area contributed by atoms with Crippen LogP contribution < -0.4 is 0 Å². The highest BCUT2D eigenvalue weighted by Gasteiger charge is 2.35. The summed E-state index contributed by atoms with van der Waals surface area (Å²) in [4.78, 5) is 11.9. The number of fused-ring (bicyclic) bond motifs is 5. The minimum absolute atomic E-state index is 0.562. The number of hydrogen-bond acceptors (Lipinski definition) is 1. The Bertz CT molecular complexity index is 938. The number of aliphatic carboxylic acids is 1. The predicted octanol–water partition coefficient (Wildman–Crippen LogP) is 4.65. The van der Waals surface area contributed by atoms with Crippen molar-refractivity contribution in [2.24, 2.45) is 0 Å². The summed E-state index contributed by atoms with van der Waals surface area (Å²) in [6.07, 6.45) is 0. The Kier molecular flexibility index (Phi) is 2.64. The van der Waals surface area contributed by atoms with Crippen LogP contribution in [0, 0.1) is 13.8 Å². The fourth-order valence-electron chi connectivity index (χ4n) is 3.69. The lowest BCUT2D eigenvalue weighted by molar-refractivity contribution is -0.137. The second-order valence-electron chi connectivity index (χ2n) is 6.07. The van der Waals surface area contributed by atoms with E-state index in [4.69, 9.17) is 0 Å². The molecule has 0 aliphatic heterocycles. The van der Waals surface area contributed by atoms with Gasteiger partial charge in [-0.15, -0.1) is 0 Å². The Labute approximate surface area is 129 Å². The van der Waals surface area contributed by atoms with Gasteiger partial charge in [-0.25, -0.2) is 0 Å². The van der Waals surface area contributed by atoms with E-state index in [1.807, 2.05) is 31.2 Å². The molecule has 108 valence electrons. The number of aryl methyl sites for hydroxylation is 2. The molecule has 1 N–H and O–H groups in total. The molecule has 1 unspecified atom stereocenters. The first-order valence-electron chi connectivity index (χ1n) is 7.44. The van der Waals surface area contributed by atoms with Gasteiger partial charge in [-0.05, 0) is 52.4 Å². The Hall–Kier alpha value is -2.61. The second-order valence-corrected chi connectivity index (χ2v) is 6.07. The Morgan fingerprint density at radius 1 is 0.955 bits per heavy atom. The van der Waals surface area contributed by atoms with Crippen molar-refractivity contribution in [3.8, 4) is 11.1 Å². The van der Waals surface area contributed by atoms with Crippen molar-refractivity contribution in [3.05, 3.63) is 70.8 Å². The normalized spacial score (nSPS) is 15.6. The number of hydrogen-bond donors (Lipinski definition) is 1. The third-order valence-corrected chi connectivity index (χ3v) is 4.63. The van der Waals surface area contributed by atoms with Gasteiger partial charge in [-0.3, -0.25) is 4.79 Å². The first-order chi connectivity index (χ1) is 10.6. The van der Waals surface area contributed by atoms with Crippen LogP contribution in [0.1, 0.15) is 28.2 Å². The molecule has 0 radical (unpaired) electrons. The topological polar surface area (TPSA) is 37.3 Å². The van der Waals surface area contributed by atoms with Crippen molar-refractivity contribution in [1.29, 1.82) is 0 Å². The smallest absolute Gasteiger partial charge is 0.315 e. The van der Waals surface area contributed by atoms with Crippen LogP contribution in [-0.4, -0.2) is 11.1 Å². The van der Waals surface area contributed by atoms with Gasteiger partial charge in [0.2, 0.25) is 0 Å². The van der Waals surface area contributed by atoms with E-state index in [-0.39, 0.29) is 0 Å². The molecule has 0 saturated heterocycles. The molecule has 3 aromatic rings. The van der Waals surface area contributed by atoms with E-state index >= 15 is 0 Å². The minimum atomic E-state index is -0.778. The van der Waals surface area contributed by atoms with Crippen LogP contribution in [0.25, 0.3) is 21.9 Å². The molecule has 0 saturated carbocycles. The van der Waals surface area contributed by atoms with Gasteiger partial charge in [0.25, 0.3) is 0 Å². The van der Waals surface area contributed by atoms with E-state index in [0.29, 0.717) is 0 Å². The van der Waals surface area contributed by atoms with E-state index in [2.05, 4.69) is 31.2 Å². The van der Waals surface area contributed by atoms with Crippen molar-refractivity contribution in [1.82, 2.24) is 0 Å². The fourth-order valence-corrected chi connectivity index (χ4v) is 3.69. The molecule has 2 heteroatoms. The van der Waals surface area contributed by atoms with Gasteiger partial charge in [0.15, 0.2) is 0 Å². The van der Waals surface area contributed by atoms with Crippen LogP contribution >= 0.6 is 0 Å². The summed E-state index contributed by atoms with van der Waals surface area (Å²) in [5.41, 5.74) is 6.21. The van der Waals surface area contributed by atoms with Gasteiger partial charge in [0.1, 0.15) is 5.92 Å². The molecular formula is C20H16O2. The van der Waals surface area contributed by atoms with Crippen molar-refractivity contribution in [3.63, 3.8) is 0 Å². The standard InChI is InChI=1S/C20H16O2/c1-11-7-8-15-16(9-11)19(20(21)22)17-10-12(2)13-5-3-4-6-14(13)18(15)17/h3-10,19H,1-2H3,(H,21,22). The Morgan fingerprint density at radius 2 is 1.68 bits per heavy atom. The van der Waals surface area contributed by atoms with Gasteiger partial charge in [0.05, 0.1) is 0 Å². The molecule has 1 aliphatic rings. The highest BCUT2D eigenvalue weighted by molar-refractivity contribution is 6.06. The number of rotatable bonds is 1. The highest BCUT2D eigenvalue weighted by atomic mass is 16.4. The molecule has 1 aliphatic carbocycles. The van der Waals surface area contributed by atoms with Gasteiger partial charge in [-0.1, -0.05) is 54.1 Å². The third kappa shape index (κ3) is 1.64. The minimum Gasteiger partial charge on any atom is -0.481 e. The maximum absolute atomic E-state index is 11.9. The van der Waals surface area contributed by atoms with Crippen molar-refractivity contribution in [2.75, 3.05) is 0 Å². The SMILES string of the molecule is Cc1ccc2c(c1)C(C(=O)O)c1cc(C)c3ccccc3c1-2. The molecule has 4 rings (SSSR count). The van der Waals surface area contributed by atoms with Crippen LogP contribution in [0.4, 0.5) is 0 Å². The lowest BCUT2D eigenvalue weighted by atomic mass is 9.92. The monoisotopic (exact) mass is 288 g/mol. The van der Waals surface area contributed by atoms with Crippen LogP contribution in [0.5, 0.6) is 0 Å². The molecule has 0 heterocycles. The Morgan fingerprint density at radius 3 is 2.41 bits per heavy atom. The van der Waals surface area contributed by atoms with Crippen LogP contribution in [0.2, 0.25) is 0 Å². The number of carboxylic acids is 1. The zero-order chi connectivity index (χ0) is 15.4. The number of carbonyl (C=O) groups is 1. The first kappa shape index (κ1) is 13.1. The molecule has 2 nitrogen and oxygen atoms in total.